The number of aryl methyl sites for hydroxylation is 2. The summed E-state index contributed by atoms with van der Waals surface area (Å²) in [5.41, 5.74) is 0.822. The van der Waals surface area contributed by atoms with Gasteiger partial charge < -0.3 is 0 Å². The second kappa shape index (κ2) is 3.26. The monoisotopic (exact) mass is 188 g/mol. The van der Waals surface area contributed by atoms with Crippen LogP contribution in [-0.4, -0.2) is 30.2 Å². The van der Waals surface area contributed by atoms with E-state index in [9.17, 15) is 8.42 Å². The maximum atomic E-state index is 10.8. The Balaban J connectivity index is 2.55. The quantitative estimate of drug-likeness (QED) is 0.671. The van der Waals surface area contributed by atoms with Gasteiger partial charge in [0.2, 0.25) is 0 Å². The molecule has 0 radical (unpaired) electrons. The Bertz CT molecular complexity index is 353. The third-order valence-electron chi connectivity index (χ3n) is 1.50. The molecule has 1 aromatic heterocycles. The molecule has 1 rings (SSSR count). The minimum absolute atomic E-state index is 0.171. The van der Waals surface area contributed by atoms with E-state index in [-0.39, 0.29) is 5.75 Å². The fourth-order valence-electron chi connectivity index (χ4n) is 0.886. The van der Waals surface area contributed by atoms with Gasteiger partial charge in [0.15, 0.2) is 0 Å². The molecule has 12 heavy (non-hydrogen) atoms. The average molecular weight is 188 g/mol. The number of sulfone groups is 1. The van der Waals surface area contributed by atoms with Gasteiger partial charge in [0, 0.05) is 25.9 Å². The van der Waals surface area contributed by atoms with Crippen molar-refractivity contribution >= 4 is 9.84 Å². The van der Waals surface area contributed by atoms with Gasteiger partial charge in [-0.2, -0.15) is 5.10 Å². The highest BCUT2D eigenvalue weighted by Gasteiger charge is 2.04. The van der Waals surface area contributed by atoms with Crippen LogP contribution in [0, 0.1) is 0 Å². The van der Waals surface area contributed by atoms with E-state index in [2.05, 4.69) is 5.10 Å². The van der Waals surface area contributed by atoms with E-state index in [0.29, 0.717) is 6.42 Å². The van der Waals surface area contributed by atoms with Gasteiger partial charge in [-0.15, -0.1) is 0 Å². The summed E-state index contributed by atoms with van der Waals surface area (Å²) in [7, 11) is -1.05. The van der Waals surface area contributed by atoms with Gasteiger partial charge in [-0.05, 0) is 6.07 Å². The fraction of sp³-hybridized carbons (Fsp3) is 0.571. The van der Waals surface area contributed by atoms with E-state index in [0.717, 1.165) is 5.69 Å². The van der Waals surface area contributed by atoms with Gasteiger partial charge in [0.1, 0.15) is 9.84 Å². The third-order valence-corrected chi connectivity index (χ3v) is 2.44. The Morgan fingerprint density at radius 1 is 1.58 bits per heavy atom. The SMILES string of the molecule is Cn1ccc(CCS(C)(=O)=O)n1. The van der Waals surface area contributed by atoms with Crippen LogP contribution in [0.5, 0.6) is 0 Å². The molecule has 0 aliphatic carbocycles. The Hall–Kier alpha value is -0.840. The number of nitrogens with zero attached hydrogens (tertiary/aromatic N) is 2. The molecule has 0 saturated heterocycles. The topological polar surface area (TPSA) is 52.0 Å². The highest BCUT2D eigenvalue weighted by atomic mass is 32.2. The van der Waals surface area contributed by atoms with E-state index in [1.54, 1.807) is 10.9 Å². The first-order valence-electron chi connectivity index (χ1n) is 3.63. The largest absolute Gasteiger partial charge is 0.276 e. The van der Waals surface area contributed by atoms with Crippen molar-refractivity contribution in [3.63, 3.8) is 0 Å². The van der Waals surface area contributed by atoms with Crippen LogP contribution >= 0.6 is 0 Å². The van der Waals surface area contributed by atoms with Crippen LogP contribution in [0.3, 0.4) is 0 Å². The molecule has 0 spiro atoms. The molecule has 68 valence electrons. The lowest BCUT2D eigenvalue weighted by Crippen LogP contribution is -2.06. The number of aromatic nitrogens is 2. The van der Waals surface area contributed by atoms with Crippen LogP contribution in [0.15, 0.2) is 12.3 Å². The smallest absolute Gasteiger partial charge is 0.147 e. The van der Waals surface area contributed by atoms with E-state index in [1.165, 1.54) is 6.26 Å². The predicted molar refractivity (Wildman–Crippen MR) is 46.6 cm³/mol. The summed E-state index contributed by atoms with van der Waals surface area (Å²) in [6.45, 7) is 0. The van der Waals surface area contributed by atoms with Crippen molar-refractivity contribution in [3.8, 4) is 0 Å². The van der Waals surface area contributed by atoms with Crippen LogP contribution < -0.4 is 0 Å². The average Bonchev–Trinajstić information content (AvgIpc) is 2.30. The lowest BCUT2D eigenvalue weighted by molar-refractivity contribution is 0.600. The van der Waals surface area contributed by atoms with Gasteiger partial charge in [-0.3, -0.25) is 4.68 Å². The minimum Gasteiger partial charge on any atom is -0.276 e. The number of hydrogen-bond acceptors (Lipinski definition) is 3. The summed E-state index contributed by atoms with van der Waals surface area (Å²) in [5.74, 6) is 0.171. The van der Waals surface area contributed by atoms with E-state index >= 15 is 0 Å². The summed E-state index contributed by atoms with van der Waals surface area (Å²) < 4.78 is 23.2. The van der Waals surface area contributed by atoms with E-state index in [4.69, 9.17) is 0 Å². The van der Waals surface area contributed by atoms with Crippen LogP contribution in [0.1, 0.15) is 5.69 Å². The van der Waals surface area contributed by atoms with Crippen LogP contribution in [-0.2, 0) is 23.3 Å². The third kappa shape index (κ3) is 3.04. The highest BCUT2D eigenvalue weighted by Crippen LogP contribution is 1.97. The summed E-state index contributed by atoms with van der Waals surface area (Å²) in [6.07, 6.45) is 3.53. The molecule has 0 bridgehead atoms. The van der Waals surface area contributed by atoms with Crippen molar-refractivity contribution in [2.45, 2.75) is 6.42 Å². The van der Waals surface area contributed by atoms with E-state index in [1.807, 2.05) is 13.1 Å². The molecular weight excluding hydrogens is 176 g/mol. The Kier molecular flexibility index (Phi) is 2.52. The molecule has 0 fully saturated rings. The maximum absolute atomic E-state index is 10.8. The lowest BCUT2D eigenvalue weighted by atomic mass is 10.3. The highest BCUT2D eigenvalue weighted by molar-refractivity contribution is 7.90. The summed E-state index contributed by atoms with van der Waals surface area (Å²) in [5, 5.41) is 4.07. The first-order chi connectivity index (χ1) is 5.47. The number of rotatable bonds is 3. The summed E-state index contributed by atoms with van der Waals surface area (Å²) >= 11 is 0. The van der Waals surface area contributed by atoms with Crippen molar-refractivity contribution < 1.29 is 8.42 Å². The van der Waals surface area contributed by atoms with Crippen LogP contribution in [0.2, 0.25) is 0 Å². The number of hydrogen-bond donors (Lipinski definition) is 0. The van der Waals surface area contributed by atoms with Crippen LogP contribution in [0.4, 0.5) is 0 Å². The second-order valence-electron chi connectivity index (χ2n) is 2.86. The molecule has 0 N–H and O–H groups in total. The second-order valence-corrected chi connectivity index (χ2v) is 5.12. The molecule has 0 aliphatic heterocycles. The van der Waals surface area contributed by atoms with Gasteiger partial charge >= 0.3 is 0 Å². The molecule has 1 heterocycles. The van der Waals surface area contributed by atoms with Crippen molar-refractivity contribution in [1.29, 1.82) is 0 Å². The van der Waals surface area contributed by atoms with Crippen molar-refractivity contribution in [2.24, 2.45) is 7.05 Å². The Morgan fingerprint density at radius 3 is 2.67 bits per heavy atom. The normalized spacial score (nSPS) is 11.8. The molecule has 0 aromatic carbocycles. The maximum Gasteiger partial charge on any atom is 0.147 e. The summed E-state index contributed by atoms with van der Waals surface area (Å²) in [4.78, 5) is 0. The fourth-order valence-corrected chi connectivity index (χ4v) is 1.47. The molecule has 0 saturated carbocycles. The minimum atomic E-state index is -2.86. The zero-order chi connectivity index (χ0) is 9.19. The first kappa shape index (κ1) is 9.25. The molecule has 1 aromatic rings. The predicted octanol–water partition coefficient (Wildman–Crippen LogP) is 0.00720. The molecule has 0 amide bonds. The molecule has 0 aliphatic rings. The van der Waals surface area contributed by atoms with Gasteiger partial charge in [-0.1, -0.05) is 0 Å². The van der Waals surface area contributed by atoms with Gasteiger partial charge in [0.05, 0.1) is 11.4 Å². The Morgan fingerprint density at radius 2 is 2.25 bits per heavy atom. The molecule has 0 atom stereocenters. The zero-order valence-electron chi connectivity index (χ0n) is 7.19. The zero-order valence-corrected chi connectivity index (χ0v) is 8.00. The van der Waals surface area contributed by atoms with Crippen molar-refractivity contribution in [3.05, 3.63) is 18.0 Å². The van der Waals surface area contributed by atoms with Crippen molar-refractivity contribution in [2.75, 3.05) is 12.0 Å². The molecule has 4 nitrogen and oxygen atoms in total. The molecular formula is C7H12N2O2S. The van der Waals surface area contributed by atoms with Crippen molar-refractivity contribution in [1.82, 2.24) is 9.78 Å². The van der Waals surface area contributed by atoms with Crippen LogP contribution in [0.25, 0.3) is 0 Å². The van der Waals surface area contributed by atoms with Gasteiger partial charge in [-0.25, -0.2) is 8.42 Å². The van der Waals surface area contributed by atoms with E-state index < -0.39 is 9.84 Å². The first-order valence-corrected chi connectivity index (χ1v) is 5.70. The molecule has 5 heteroatoms. The molecule has 0 unspecified atom stereocenters. The summed E-state index contributed by atoms with van der Waals surface area (Å²) in [6, 6.07) is 1.82. The standard InChI is InChI=1S/C7H12N2O2S/c1-9-5-3-7(8-9)4-6-12(2,10)11/h3,5H,4,6H2,1-2H3. The lowest BCUT2D eigenvalue weighted by Gasteiger charge is -1.93. The van der Waals surface area contributed by atoms with Gasteiger partial charge in [0.25, 0.3) is 0 Å². The Labute approximate surface area is 72.1 Å².